The van der Waals surface area contributed by atoms with Gasteiger partial charge in [-0.3, -0.25) is 4.79 Å². The van der Waals surface area contributed by atoms with Gasteiger partial charge in [0.15, 0.2) is 0 Å². The second-order valence-corrected chi connectivity index (χ2v) is 5.50. The lowest BCUT2D eigenvalue weighted by Gasteiger charge is -2.19. The predicted octanol–water partition coefficient (Wildman–Crippen LogP) is 1.91. The van der Waals surface area contributed by atoms with Gasteiger partial charge in [0, 0.05) is 19.1 Å². The number of likely N-dealkylation sites (N-methyl/N-ethyl adjacent to an activating group) is 1. The average molecular weight is 301 g/mol. The van der Waals surface area contributed by atoms with Crippen molar-refractivity contribution in [2.75, 3.05) is 26.2 Å². The number of carbonyl (C=O) groups is 2. The van der Waals surface area contributed by atoms with Crippen LogP contribution in [0.3, 0.4) is 0 Å². The molecule has 0 rings (SSSR count). The number of carbonyl (C=O) groups excluding carboxylic acids is 1. The SMILES string of the molecule is CCN(CC)CCNC(=O)NC(C)CCCC(C)C(=O)O. The van der Waals surface area contributed by atoms with E-state index in [-0.39, 0.29) is 18.0 Å². The zero-order chi connectivity index (χ0) is 16.3. The Labute approximate surface area is 128 Å². The molecule has 6 heteroatoms. The lowest BCUT2D eigenvalue weighted by Crippen LogP contribution is -2.43. The van der Waals surface area contributed by atoms with Gasteiger partial charge in [0.05, 0.1) is 5.92 Å². The smallest absolute Gasteiger partial charge is 0.315 e. The number of amides is 2. The molecule has 0 radical (unpaired) electrons. The first-order valence-electron chi connectivity index (χ1n) is 7.90. The second-order valence-electron chi connectivity index (χ2n) is 5.50. The molecule has 0 aromatic carbocycles. The van der Waals surface area contributed by atoms with Crippen LogP contribution in [0, 0.1) is 5.92 Å². The Balaban J connectivity index is 3.72. The minimum atomic E-state index is -0.759. The van der Waals surface area contributed by atoms with Crippen LogP contribution in [-0.2, 0) is 4.79 Å². The molecule has 0 saturated heterocycles. The van der Waals surface area contributed by atoms with Crippen LogP contribution < -0.4 is 10.6 Å². The fraction of sp³-hybridized carbons (Fsp3) is 0.867. The second kappa shape index (κ2) is 11.4. The molecular formula is C15H31N3O3. The predicted molar refractivity (Wildman–Crippen MR) is 84.4 cm³/mol. The van der Waals surface area contributed by atoms with E-state index in [1.54, 1.807) is 6.92 Å². The van der Waals surface area contributed by atoms with Gasteiger partial charge in [-0.05, 0) is 32.9 Å². The topological polar surface area (TPSA) is 81.7 Å². The van der Waals surface area contributed by atoms with Crippen LogP contribution in [0.4, 0.5) is 4.79 Å². The maximum atomic E-state index is 11.7. The van der Waals surface area contributed by atoms with Crippen molar-refractivity contribution in [2.24, 2.45) is 5.92 Å². The molecule has 3 N–H and O–H groups in total. The minimum Gasteiger partial charge on any atom is -0.481 e. The van der Waals surface area contributed by atoms with Gasteiger partial charge in [-0.2, -0.15) is 0 Å². The van der Waals surface area contributed by atoms with Gasteiger partial charge in [-0.15, -0.1) is 0 Å². The van der Waals surface area contributed by atoms with E-state index in [9.17, 15) is 9.59 Å². The van der Waals surface area contributed by atoms with Crippen LogP contribution >= 0.6 is 0 Å². The fourth-order valence-corrected chi connectivity index (χ4v) is 2.07. The van der Waals surface area contributed by atoms with E-state index in [1.807, 2.05) is 6.92 Å². The highest BCUT2D eigenvalue weighted by Gasteiger charge is 2.12. The largest absolute Gasteiger partial charge is 0.481 e. The Kier molecular flexibility index (Phi) is 10.7. The maximum Gasteiger partial charge on any atom is 0.315 e. The van der Waals surface area contributed by atoms with Gasteiger partial charge in [0.25, 0.3) is 0 Å². The van der Waals surface area contributed by atoms with E-state index < -0.39 is 5.97 Å². The summed E-state index contributed by atoms with van der Waals surface area (Å²) < 4.78 is 0. The fourth-order valence-electron chi connectivity index (χ4n) is 2.07. The van der Waals surface area contributed by atoms with Crippen molar-refractivity contribution in [3.8, 4) is 0 Å². The van der Waals surface area contributed by atoms with Crippen molar-refractivity contribution < 1.29 is 14.7 Å². The number of nitrogens with zero attached hydrogens (tertiary/aromatic N) is 1. The molecule has 0 saturated carbocycles. The molecule has 0 fully saturated rings. The molecule has 21 heavy (non-hydrogen) atoms. The summed E-state index contributed by atoms with van der Waals surface area (Å²) in [6.07, 6.45) is 2.24. The molecule has 0 aliphatic carbocycles. The summed E-state index contributed by atoms with van der Waals surface area (Å²) in [5.41, 5.74) is 0. The Bertz CT molecular complexity index is 307. The average Bonchev–Trinajstić information content (AvgIpc) is 2.43. The molecule has 2 unspecified atom stereocenters. The van der Waals surface area contributed by atoms with Crippen LogP contribution in [0.1, 0.15) is 47.0 Å². The van der Waals surface area contributed by atoms with Gasteiger partial charge < -0.3 is 20.6 Å². The molecule has 124 valence electrons. The number of carboxylic acid groups (broad SMARTS) is 1. The molecule has 0 bridgehead atoms. The third kappa shape index (κ3) is 10.1. The van der Waals surface area contributed by atoms with Gasteiger partial charge in [-0.1, -0.05) is 27.2 Å². The van der Waals surface area contributed by atoms with Crippen LogP contribution in [0.15, 0.2) is 0 Å². The summed E-state index contributed by atoms with van der Waals surface area (Å²) in [6.45, 7) is 11.3. The van der Waals surface area contributed by atoms with Crippen molar-refractivity contribution in [2.45, 2.75) is 53.0 Å². The summed E-state index contributed by atoms with van der Waals surface area (Å²) in [4.78, 5) is 24.6. The monoisotopic (exact) mass is 301 g/mol. The molecule has 2 amide bonds. The summed E-state index contributed by atoms with van der Waals surface area (Å²) in [7, 11) is 0. The highest BCUT2D eigenvalue weighted by Crippen LogP contribution is 2.09. The first kappa shape index (κ1) is 19.7. The molecule has 0 aromatic heterocycles. The van der Waals surface area contributed by atoms with E-state index in [0.29, 0.717) is 13.0 Å². The van der Waals surface area contributed by atoms with Gasteiger partial charge >= 0.3 is 12.0 Å². The van der Waals surface area contributed by atoms with Crippen molar-refractivity contribution in [1.82, 2.24) is 15.5 Å². The normalized spacial score (nSPS) is 13.8. The van der Waals surface area contributed by atoms with Gasteiger partial charge in [-0.25, -0.2) is 4.79 Å². The highest BCUT2D eigenvalue weighted by molar-refractivity contribution is 5.74. The lowest BCUT2D eigenvalue weighted by molar-refractivity contribution is -0.141. The van der Waals surface area contributed by atoms with E-state index in [0.717, 1.165) is 32.5 Å². The highest BCUT2D eigenvalue weighted by atomic mass is 16.4. The summed E-state index contributed by atoms with van der Waals surface area (Å²) >= 11 is 0. The lowest BCUT2D eigenvalue weighted by atomic mass is 10.0. The van der Waals surface area contributed by atoms with Gasteiger partial charge in [0.1, 0.15) is 0 Å². The molecule has 0 spiro atoms. The first-order valence-corrected chi connectivity index (χ1v) is 7.90. The quantitative estimate of drug-likeness (QED) is 0.544. The van der Waals surface area contributed by atoms with Crippen LogP contribution in [-0.4, -0.2) is 54.2 Å². The van der Waals surface area contributed by atoms with Crippen molar-refractivity contribution in [1.29, 1.82) is 0 Å². The Morgan fingerprint density at radius 1 is 1.14 bits per heavy atom. The van der Waals surface area contributed by atoms with E-state index in [2.05, 4.69) is 29.4 Å². The van der Waals surface area contributed by atoms with Crippen molar-refractivity contribution >= 4 is 12.0 Å². The first-order chi connectivity index (χ1) is 9.90. The number of nitrogens with one attached hydrogen (secondary N) is 2. The standard InChI is InChI=1S/C15H31N3O3/c1-5-18(6-2)11-10-16-15(21)17-13(4)9-7-8-12(3)14(19)20/h12-13H,5-11H2,1-4H3,(H,19,20)(H2,16,17,21). The third-order valence-corrected chi connectivity index (χ3v) is 3.68. The zero-order valence-electron chi connectivity index (χ0n) is 13.8. The Morgan fingerprint density at radius 3 is 2.29 bits per heavy atom. The van der Waals surface area contributed by atoms with Gasteiger partial charge in [0.2, 0.25) is 0 Å². The number of aliphatic carboxylic acids is 1. The van der Waals surface area contributed by atoms with Crippen molar-refractivity contribution in [3.05, 3.63) is 0 Å². The molecule has 0 aromatic rings. The number of hydrogen-bond acceptors (Lipinski definition) is 3. The van der Waals surface area contributed by atoms with Crippen LogP contribution in [0.25, 0.3) is 0 Å². The number of hydrogen-bond donors (Lipinski definition) is 3. The summed E-state index contributed by atoms with van der Waals surface area (Å²) in [5, 5.41) is 14.5. The van der Waals surface area contributed by atoms with E-state index in [4.69, 9.17) is 5.11 Å². The number of rotatable bonds is 11. The maximum absolute atomic E-state index is 11.7. The molecule has 0 aliphatic heterocycles. The zero-order valence-corrected chi connectivity index (χ0v) is 13.8. The van der Waals surface area contributed by atoms with Crippen LogP contribution in [0.2, 0.25) is 0 Å². The Morgan fingerprint density at radius 2 is 1.76 bits per heavy atom. The van der Waals surface area contributed by atoms with E-state index >= 15 is 0 Å². The van der Waals surface area contributed by atoms with Crippen LogP contribution in [0.5, 0.6) is 0 Å². The molecule has 0 heterocycles. The van der Waals surface area contributed by atoms with Crippen molar-refractivity contribution in [3.63, 3.8) is 0 Å². The van der Waals surface area contributed by atoms with E-state index in [1.165, 1.54) is 0 Å². The molecule has 0 aliphatic rings. The number of urea groups is 1. The molecule has 2 atom stereocenters. The third-order valence-electron chi connectivity index (χ3n) is 3.68. The Hall–Kier alpha value is -1.30. The summed E-state index contributed by atoms with van der Waals surface area (Å²) in [5.74, 6) is -1.08. The minimum absolute atomic E-state index is 0.0550. The molecule has 6 nitrogen and oxygen atoms in total. The molecular weight excluding hydrogens is 270 g/mol. The number of carboxylic acids is 1. The summed E-state index contributed by atoms with van der Waals surface area (Å²) in [6, 6.07) is -0.0969.